The van der Waals surface area contributed by atoms with Crippen LogP contribution in [0.4, 0.5) is 5.13 Å². The number of anilines is 1. The fourth-order valence-electron chi connectivity index (χ4n) is 8.44. The van der Waals surface area contributed by atoms with Gasteiger partial charge in [0.2, 0.25) is 0 Å². The summed E-state index contributed by atoms with van der Waals surface area (Å²) in [7, 11) is 0. The number of rotatable bonds is 5. The van der Waals surface area contributed by atoms with Crippen molar-refractivity contribution >= 4 is 26.7 Å². The molecule has 0 radical (unpaired) electrons. The number of aliphatic hydroxyl groups is 1. The lowest BCUT2D eigenvalue weighted by atomic mass is 9.46. The molecule has 178 valence electrons. The summed E-state index contributed by atoms with van der Waals surface area (Å²) in [5, 5.41) is 16.8. The summed E-state index contributed by atoms with van der Waals surface area (Å²) < 4.78 is 3.53. The van der Waals surface area contributed by atoms with E-state index in [9.17, 15) is 5.11 Å². The van der Waals surface area contributed by atoms with Gasteiger partial charge in [-0.2, -0.15) is 0 Å². The largest absolute Gasteiger partial charge is 0.392 e. The van der Waals surface area contributed by atoms with Crippen molar-refractivity contribution in [2.75, 3.05) is 5.32 Å². The van der Waals surface area contributed by atoms with Crippen LogP contribution in [0.5, 0.6) is 0 Å². The Labute approximate surface area is 209 Å². The maximum atomic E-state index is 11.9. The van der Waals surface area contributed by atoms with Gasteiger partial charge in [0.25, 0.3) is 0 Å². The van der Waals surface area contributed by atoms with E-state index >= 15 is 0 Å². The molecule has 0 saturated heterocycles. The van der Waals surface area contributed by atoms with Gasteiger partial charge in [-0.15, -0.1) is 0 Å². The topological polar surface area (TPSA) is 63.0 Å². The molecule has 2 unspecified atom stereocenters. The fourth-order valence-corrected chi connectivity index (χ4v) is 9.35. The van der Waals surface area contributed by atoms with E-state index in [2.05, 4.69) is 63.4 Å². The highest BCUT2D eigenvalue weighted by Crippen LogP contribution is 2.63. The number of nitrogens with zero attached hydrogens (tertiary/aromatic N) is 3. The van der Waals surface area contributed by atoms with Gasteiger partial charge in [0.05, 0.1) is 40.6 Å². The van der Waals surface area contributed by atoms with E-state index in [1.807, 2.05) is 12.5 Å². The van der Waals surface area contributed by atoms with Crippen LogP contribution >= 0.6 is 11.3 Å². The second-order valence-corrected chi connectivity index (χ2v) is 12.6. The molecule has 4 fully saturated rings. The fraction of sp³-hybridized carbons (Fsp3) is 0.448. The second-order valence-electron chi connectivity index (χ2n) is 11.5. The first-order chi connectivity index (χ1) is 17.2. The first-order valence-electron chi connectivity index (χ1n) is 13.1. The van der Waals surface area contributed by atoms with Crippen LogP contribution < -0.4 is 5.32 Å². The zero-order chi connectivity index (χ0) is 23.1. The van der Waals surface area contributed by atoms with E-state index in [-0.39, 0.29) is 17.6 Å². The van der Waals surface area contributed by atoms with Crippen LogP contribution in [0, 0.1) is 23.2 Å². The molecule has 4 aliphatic carbocycles. The van der Waals surface area contributed by atoms with E-state index in [0.29, 0.717) is 17.9 Å². The smallest absolute Gasteiger partial charge is 0.184 e. The Bertz CT molecular complexity index is 1380. The van der Waals surface area contributed by atoms with E-state index in [0.717, 1.165) is 35.8 Å². The predicted octanol–water partition coefficient (Wildman–Crippen LogP) is 6.12. The van der Waals surface area contributed by atoms with Crippen molar-refractivity contribution in [1.29, 1.82) is 0 Å². The minimum absolute atomic E-state index is 0.0561. The molecular formula is C29H30N4OS. The monoisotopic (exact) mass is 482 g/mol. The van der Waals surface area contributed by atoms with Gasteiger partial charge in [-0.05, 0) is 79.4 Å². The minimum Gasteiger partial charge on any atom is -0.392 e. The molecule has 4 aromatic rings. The van der Waals surface area contributed by atoms with Crippen molar-refractivity contribution in [2.45, 2.75) is 56.7 Å². The average Bonchev–Trinajstić information content (AvgIpc) is 3.56. The number of imidazole rings is 1. The number of aliphatic hydroxyl groups excluding tert-OH is 1. The molecule has 2 aromatic carbocycles. The van der Waals surface area contributed by atoms with Gasteiger partial charge >= 0.3 is 0 Å². The van der Waals surface area contributed by atoms with Crippen LogP contribution in [0.3, 0.4) is 0 Å². The number of fused-ring (bicyclic) bond motifs is 4. The molecule has 4 bridgehead atoms. The summed E-state index contributed by atoms with van der Waals surface area (Å²) in [6.07, 6.45) is 10.5. The number of thiazole rings is 1. The van der Waals surface area contributed by atoms with Crippen LogP contribution in [0.25, 0.3) is 21.5 Å². The summed E-state index contributed by atoms with van der Waals surface area (Å²) in [6.45, 7) is 0. The summed E-state index contributed by atoms with van der Waals surface area (Å²) in [6, 6.07) is 17.7. The first-order valence-corrected chi connectivity index (χ1v) is 13.9. The molecule has 0 spiro atoms. The summed E-state index contributed by atoms with van der Waals surface area (Å²) in [5.41, 5.74) is 4.94. The van der Waals surface area contributed by atoms with Crippen LogP contribution in [0.15, 0.2) is 61.1 Å². The third kappa shape index (κ3) is 3.02. The molecule has 5 nitrogen and oxygen atoms in total. The van der Waals surface area contributed by atoms with Crippen molar-refractivity contribution in [2.24, 2.45) is 23.2 Å². The van der Waals surface area contributed by atoms with Crippen molar-refractivity contribution in [3.8, 4) is 11.3 Å². The summed E-state index contributed by atoms with van der Waals surface area (Å²) >= 11 is 1.78. The van der Waals surface area contributed by atoms with Crippen LogP contribution in [0.1, 0.15) is 50.1 Å². The summed E-state index contributed by atoms with van der Waals surface area (Å²) in [5.74, 6) is 2.01. The lowest BCUT2D eigenvalue weighted by molar-refractivity contribution is -0.129. The molecule has 5 aliphatic rings. The third-order valence-corrected chi connectivity index (χ3v) is 10.6. The Hall–Kier alpha value is -2.70. The predicted molar refractivity (Wildman–Crippen MR) is 139 cm³/mol. The van der Waals surface area contributed by atoms with Crippen molar-refractivity contribution in [3.63, 3.8) is 0 Å². The Morgan fingerprint density at radius 1 is 1.06 bits per heavy atom. The Balaban J connectivity index is 1.05. The Morgan fingerprint density at radius 2 is 1.86 bits per heavy atom. The maximum absolute atomic E-state index is 11.9. The Kier molecular flexibility index (Phi) is 4.33. The van der Waals surface area contributed by atoms with Gasteiger partial charge in [-0.25, -0.2) is 9.97 Å². The van der Waals surface area contributed by atoms with E-state index in [1.165, 1.54) is 40.8 Å². The zero-order valence-electron chi connectivity index (χ0n) is 19.7. The molecule has 4 atom stereocenters. The van der Waals surface area contributed by atoms with Gasteiger partial charge in [0.1, 0.15) is 0 Å². The van der Waals surface area contributed by atoms with Crippen molar-refractivity contribution in [1.82, 2.24) is 14.5 Å². The molecule has 35 heavy (non-hydrogen) atoms. The minimum atomic E-state index is -0.287. The molecule has 2 N–H and O–H groups in total. The summed E-state index contributed by atoms with van der Waals surface area (Å²) in [4.78, 5) is 9.30. The van der Waals surface area contributed by atoms with E-state index < -0.39 is 0 Å². The number of benzene rings is 2. The second kappa shape index (κ2) is 7.40. The number of hydrogen-bond donors (Lipinski definition) is 2. The lowest BCUT2D eigenvalue weighted by Crippen LogP contribution is -2.59. The van der Waals surface area contributed by atoms with Crippen LogP contribution in [-0.4, -0.2) is 31.8 Å². The standard InChI is InChI=1S/C29H30N4OS/c34-26(11-23-20-5-1-2-6-21(20)24-15-30-16-33(23)24)29-12-17-9-18(13-29)27(19(10-17)14-29)32-28-31-22-7-3-4-8-25(22)35-28/h1-8,15-19,23,26-27,34H,9-14H2,(H,31,32)/t17?,18?,19?,23-,26-,27?,29?/m0/s1. The number of hydrogen-bond acceptors (Lipinski definition) is 5. The maximum Gasteiger partial charge on any atom is 0.184 e. The van der Waals surface area contributed by atoms with Gasteiger partial charge in [0, 0.05) is 11.6 Å². The van der Waals surface area contributed by atoms with E-state index in [1.54, 1.807) is 11.3 Å². The molecule has 6 heteroatoms. The molecular weight excluding hydrogens is 452 g/mol. The molecule has 4 saturated carbocycles. The number of aromatic nitrogens is 3. The highest BCUT2D eigenvalue weighted by molar-refractivity contribution is 7.22. The molecule has 1 aliphatic heterocycles. The number of nitrogens with one attached hydrogen (secondary N) is 1. The quantitative estimate of drug-likeness (QED) is 0.360. The van der Waals surface area contributed by atoms with Crippen LogP contribution in [0.2, 0.25) is 0 Å². The third-order valence-electron chi connectivity index (χ3n) is 9.66. The Morgan fingerprint density at radius 3 is 2.71 bits per heavy atom. The van der Waals surface area contributed by atoms with Crippen LogP contribution in [-0.2, 0) is 0 Å². The first kappa shape index (κ1) is 20.5. The highest BCUT2D eigenvalue weighted by atomic mass is 32.1. The molecule has 3 heterocycles. The average molecular weight is 483 g/mol. The van der Waals surface area contributed by atoms with Gasteiger partial charge < -0.3 is 15.0 Å². The molecule has 0 amide bonds. The van der Waals surface area contributed by atoms with Gasteiger partial charge in [-0.3, -0.25) is 0 Å². The normalized spacial score (nSPS) is 33.1. The van der Waals surface area contributed by atoms with Crippen molar-refractivity contribution in [3.05, 3.63) is 66.6 Å². The van der Waals surface area contributed by atoms with Crippen molar-refractivity contribution < 1.29 is 5.11 Å². The SMILES string of the molecule is O[C@@H](C[C@H]1c2ccccc2-c2cncn21)C12CC3CC(C1)C(Nc1nc4ccccc4s1)C(C3)C2. The van der Waals surface area contributed by atoms with Gasteiger partial charge in [0.15, 0.2) is 5.13 Å². The zero-order valence-corrected chi connectivity index (χ0v) is 20.5. The number of para-hydroxylation sites is 1. The molecule has 9 rings (SSSR count). The van der Waals surface area contributed by atoms with E-state index in [4.69, 9.17) is 4.98 Å². The van der Waals surface area contributed by atoms with Gasteiger partial charge in [-0.1, -0.05) is 47.7 Å². The lowest BCUT2D eigenvalue weighted by Gasteiger charge is -2.61. The molecule has 2 aromatic heterocycles. The highest BCUT2D eigenvalue weighted by Gasteiger charge is 2.58.